The number of benzene rings is 1. The highest BCUT2D eigenvalue weighted by molar-refractivity contribution is 7.71. The number of fused-ring (bicyclic) bond motifs is 1. The molecule has 2 aromatic rings. The van der Waals surface area contributed by atoms with Gasteiger partial charge < -0.3 is 14.3 Å². The Morgan fingerprint density at radius 2 is 2.05 bits per heavy atom. The second-order valence-corrected chi connectivity index (χ2v) is 5.54. The average molecular weight is 295 g/mol. The fourth-order valence-electron chi connectivity index (χ4n) is 2.57. The van der Waals surface area contributed by atoms with Crippen LogP contribution in [-0.4, -0.2) is 47.3 Å². The smallest absolute Gasteiger partial charge is 0.178 e. The lowest BCUT2D eigenvalue weighted by molar-refractivity contribution is 0.0365. The Morgan fingerprint density at radius 3 is 2.80 bits per heavy atom. The Labute approximate surface area is 122 Å². The van der Waals surface area contributed by atoms with Crippen molar-refractivity contribution in [2.24, 2.45) is 0 Å². The number of rotatable bonds is 3. The van der Waals surface area contributed by atoms with Crippen LogP contribution in [-0.2, 0) is 11.3 Å². The van der Waals surface area contributed by atoms with Crippen molar-refractivity contribution < 1.29 is 9.13 Å². The van der Waals surface area contributed by atoms with E-state index in [2.05, 4.69) is 9.88 Å². The molecule has 0 spiro atoms. The third-order valence-electron chi connectivity index (χ3n) is 3.80. The normalized spacial score (nSPS) is 16.9. The van der Waals surface area contributed by atoms with Gasteiger partial charge in [0, 0.05) is 26.2 Å². The van der Waals surface area contributed by atoms with Crippen molar-refractivity contribution in [1.29, 1.82) is 0 Å². The van der Waals surface area contributed by atoms with Crippen molar-refractivity contribution in [2.45, 2.75) is 13.5 Å². The molecular weight excluding hydrogens is 277 g/mol. The molecule has 2 heterocycles. The van der Waals surface area contributed by atoms with Gasteiger partial charge in [-0.25, -0.2) is 4.39 Å². The number of ether oxygens (including phenoxy) is 1. The second-order valence-electron chi connectivity index (χ2n) is 5.15. The predicted octanol–water partition coefficient (Wildman–Crippen LogP) is 2.48. The largest absolute Gasteiger partial charge is 0.379 e. The summed E-state index contributed by atoms with van der Waals surface area (Å²) < 4.78 is 21.6. The highest BCUT2D eigenvalue weighted by atomic mass is 32.1. The molecule has 20 heavy (non-hydrogen) atoms. The van der Waals surface area contributed by atoms with Crippen molar-refractivity contribution in [1.82, 2.24) is 14.5 Å². The van der Waals surface area contributed by atoms with Gasteiger partial charge in [-0.3, -0.25) is 4.90 Å². The van der Waals surface area contributed by atoms with Gasteiger partial charge in [0.1, 0.15) is 5.82 Å². The Morgan fingerprint density at radius 1 is 1.30 bits per heavy atom. The highest BCUT2D eigenvalue weighted by Crippen LogP contribution is 2.19. The van der Waals surface area contributed by atoms with Crippen molar-refractivity contribution >= 4 is 23.3 Å². The van der Waals surface area contributed by atoms with E-state index in [4.69, 9.17) is 17.0 Å². The molecule has 0 saturated carbocycles. The molecule has 0 amide bonds. The van der Waals surface area contributed by atoms with E-state index in [0.29, 0.717) is 10.3 Å². The lowest BCUT2D eigenvalue weighted by Crippen LogP contribution is -2.38. The van der Waals surface area contributed by atoms with Crippen LogP contribution in [0.3, 0.4) is 0 Å². The molecule has 0 bridgehead atoms. The number of aromatic amines is 1. The number of aromatic nitrogens is 2. The maximum absolute atomic E-state index is 13.6. The summed E-state index contributed by atoms with van der Waals surface area (Å²) >= 11 is 5.35. The SMILES string of the molecule is Cc1cc2c(cc1F)[nH]c(=S)n2CCN1CCOCC1. The fraction of sp³-hybridized carbons (Fsp3) is 0.500. The van der Waals surface area contributed by atoms with Gasteiger partial charge in [-0.15, -0.1) is 0 Å². The zero-order valence-electron chi connectivity index (χ0n) is 11.5. The van der Waals surface area contributed by atoms with Gasteiger partial charge in [-0.2, -0.15) is 0 Å². The molecule has 0 aliphatic carbocycles. The zero-order valence-corrected chi connectivity index (χ0v) is 12.3. The van der Waals surface area contributed by atoms with Crippen molar-refractivity contribution in [3.63, 3.8) is 0 Å². The number of H-pyrrole nitrogens is 1. The molecule has 1 fully saturated rings. The van der Waals surface area contributed by atoms with Crippen LogP contribution < -0.4 is 0 Å². The summed E-state index contributed by atoms with van der Waals surface area (Å²) in [6.45, 7) is 7.03. The van der Waals surface area contributed by atoms with E-state index >= 15 is 0 Å². The van der Waals surface area contributed by atoms with Gasteiger partial charge in [0.15, 0.2) is 4.77 Å². The average Bonchev–Trinajstić information content (AvgIpc) is 2.73. The van der Waals surface area contributed by atoms with E-state index in [1.807, 2.05) is 10.6 Å². The molecule has 1 aromatic heterocycles. The first-order valence-corrected chi connectivity index (χ1v) is 7.25. The van der Waals surface area contributed by atoms with Gasteiger partial charge in [0.05, 0.1) is 24.2 Å². The summed E-state index contributed by atoms with van der Waals surface area (Å²) in [6, 6.07) is 3.38. The molecule has 0 radical (unpaired) electrons. The molecule has 0 unspecified atom stereocenters. The number of hydrogen-bond acceptors (Lipinski definition) is 3. The summed E-state index contributed by atoms with van der Waals surface area (Å²) in [6.07, 6.45) is 0. The minimum Gasteiger partial charge on any atom is -0.379 e. The van der Waals surface area contributed by atoms with E-state index in [1.165, 1.54) is 6.07 Å². The number of aryl methyl sites for hydroxylation is 1. The molecule has 0 atom stereocenters. The first kappa shape index (κ1) is 13.7. The maximum atomic E-state index is 13.6. The number of nitrogens with zero attached hydrogens (tertiary/aromatic N) is 2. The summed E-state index contributed by atoms with van der Waals surface area (Å²) in [4.78, 5) is 5.44. The molecule has 1 aromatic carbocycles. The molecule has 108 valence electrons. The highest BCUT2D eigenvalue weighted by Gasteiger charge is 2.12. The van der Waals surface area contributed by atoms with Gasteiger partial charge in [-0.05, 0) is 36.8 Å². The third kappa shape index (κ3) is 2.63. The van der Waals surface area contributed by atoms with Crippen LogP contribution in [0.25, 0.3) is 11.0 Å². The fourth-order valence-corrected chi connectivity index (χ4v) is 2.87. The predicted molar refractivity (Wildman–Crippen MR) is 79.1 cm³/mol. The molecule has 1 aliphatic heterocycles. The Bertz CT molecular complexity index is 673. The van der Waals surface area contributed by atoms with Crippen LogP contribution in [0.5, 0.6) is 0 Å². The number of morpholine rings is 1. The summed E-state index contributed by atoms with van der Waals surface area (Å²) in [5.41, 5.74) is 2.38. The van der Waals surface area contributed by atoms with Crippen LogP contribution in [0, 0.1) is 17.5 Å². The summed E-state index contributed by atoms with van der Waals surface area (Å²) in [5.74, 6) is -0.200. The topological polar surface area (TPSA) is 33.2 Å². The third-order valence-corrected chi connectivity index (χ3v) is 4.12. The number of nitrogens with one attached hydrogen (secondary N) is 1. The molecule has 1 N–H and O–H groups in total. The first-order valence-electron chi connectivity index (χ1n) is 6.84. The first-order chi connectivity index (χ1) is 9.65. The summed E-state index contributed by atoms with van der Waals surface area (Å²) in [7, 11) is 0. The lowest BCUT2D eigenvalue weighted by atomic mass is 10.2. The summed E-state index contributed by atoms with van der Waals surface area (Å²) in [5, 5.41) is 0. The molecule has 1 aliphatic rings. The Hall–Kier alpha value is -1.24. The monoisotopic (exact) mass is 295 g/mol. The van der Waals surface area contributed by atoms with Gasteiger partial charge in [-0.1, -0.05) is 0 Å². The van der Waals surface area contributed by atoms with E-state index in [1.54, 1.807) is 6.92 Å². The second kappa shape index (κ2) is 5.63. The number of hydrogen-bond donors (Lipinski definition) is 1. The minimum atomic E-state index is -0.200. The Kier molecular flexibility index (Phi) is 3.87. The molecule has 3 rings (SSSR count). The number of imidazole rings is 1. The van der Waals surface area contributed by atoms with Crippen molar-refractivity contribution in [3.05, 3.63) is 28.3 Å². The Balaban J connectivity index is 1.85. The van der Waals surface area contributed by atoms with E-state index in [9.17, 15) is 4.39 Å². The standard InChI is InChI=1S/C14H18FN3OS/c1-10-8-13-12(9-11(10)15)16-14(20)18(13)3-2-17-4-6-19-7-5-17/h8-9H,2-7H2,1H3,(H,16,20). The van der Waals surface area contributed by atoms with Gasteiger partial charge >= 0.3 is 0 Å². The lowest BCUT2D eigenvalue weighted by Gasteiger charge is -2.26. The van der Waals surface area contributed by atoms with Gasteiger partial charge in [0.25, 0.3) is 0 Å². The van der Waals surface area contributed by atoms with Crippen LogP contribution in [0.1, 0.15) is 5.56 Å². The maximum Gasteiger partial charge on any atom is 0.178 e. The van der Waals surface area contributed by atoms with E-state index in [-0.39, 0.29) is 5.82 Å². The van der Waals surface area contributed by atoms with Crippen LogP contribution in [0.15, 0.2) is 12.1 Å². The van der Waals surface area contributed by atoms with Crippen molar-refractivity contribution in [2.75, 3.05) is 32.8 Å². The minimum absolute atomic E-state index is 0.200. The molecular formula is C14H18FN3OS. The number of halogens is 1. The quantitative estimate of drug-likeness (QED) is 0.883. The van der Waals surface area contributed by atoms with Crippen LogP contribution >= 0.6 is 12.2 Å². The van der Waals surface area contributed by atoms with E-state index < -0.39 is 0 Å². The molecule has 6 heteroatoms. The van der Waals surface area contributed by atoms with Crippen LogP contribution in [0.2, 0.25) is 0 Å². The molecule has 4 nitrogen and oxygen atoms in total. The zero-order chi connectivity index (χ0) is 14.1. The van der Waals surface area contributed by atoms with Crippen LogP contribution in [0.4, 0.5) is 4.39 Å². The van der Waals surface area contributed by atoms with Gasteiger partial charge in [0.2, 0.25) is 0 Å². The van der Waals surface area contributed by atoms with E-state index in [0.717, 1.165) is 50.4 Å². The molecule has 1 saturated heterocycles. The van der Waals surface area contributed by atoms with Crippen molar-refractivity contribution in [3.8, 4) is 0 Å².